The third kappa shape index (κ3) is 4.08. The van der Waals surface area contributed by atoms with Crippen molar-refractivity contribution in [2.45, 2.75) is 30.6 Å². The lowest BCUT2D eigenvalue weighted by Crippen LogP contribution is -1.98. The van der Waals surface area contributed by atoms with Crippen LogP contribution in [0.4, 0.5) is 4.39 Å². The van der Waals surface area contributed by atoms with Gasteiger partial charge >= 0.3 is 5.63 Å². The van der Waals surface area contributed by atoms with Crippen molar-refractivity contribution >= 4 is 22.7 Å². The largest absolute Gasteiger partial charge is 0.423 e. The Hall–Kier alpha value is -1.33. The summed E-state index contributed by atoms with van der Waals surface area (Å²) in [6, 6.07) is 5.58. The van der Waals surface area contributed by atoms with Crippen LogP contribution in [-0.4, -0.2) is 17.5 Å². The molecule has 0 spiro atoms. The molecule has 0 aliphatic rings. The first-order valence-electron chi connectivity index (χ1n) is 6.68. The molecule has 0 saturated carbocycles. The Morgan fingerprint density at radius 3 is 2.75 bits per heavy atom. The summed E-state index contributed by atoms with van der Waals surface area (Å²) in [5.74, 6) is 0.525. The highest BCUT2D eigenvalue weighted by Crippen LogP contribution is 2.27. The summed E-state index contributed by atoms with van der Waals surface area (Å²) < 4.78 is 18.3. The van der Waals surface area contributed by atoms with E-state index in [-0.39, 0.29) is 12.4 Å². The highest BCUT2D eigenvalue weighted by Gasteiger charge is 2.07. The van der Waals surface area contributed by atoms with Crippen LogP contribution in [0.3, 0.4) is 0 Å². The summed E-state index contributed by atoms with van der Waals surface area (Å²) in [7, 11) is 0. The van der Waals surface area contributed by atoms with Crippen LogP contribution in [0.2, 0.25) is 0 Å². The molecule has 1 heterocycles. The molecule has 3 nitrogen and oxygen atoms in total. The number of hydrogen-bond donors (Lipinski definition) is 1. The maximum atomic E-state index is 13.3. The summed E-state index contributed by atoms with van der Waals surface area (Å²) in [5.41, 5.74) is 0.00793. The van der Waals surface area contributed by atoms with Crippen LogP contribution < -0.4 is 5.63 Å². The molecule has 0 saturated heterocycles. The van der Waals surface area contributed by atoms with Crippen LogP contribution >= 0.6 is 11.8 Å². The van der Waals surface area contributed by atoms with Crippen molar-refractivity contribution < 1.29 is 13.9 Å². The molecule has 0 atom stereocenters. The molecule has 2 aromatic rings. The van der Waals surface area contributed by atoms with Gasteiger partial charge in [-0.15, -0.1) is 11.8 Å². The average Bonchev–Trinajstić information content (AvgIpc) is 2.43. The Morgan fingerprint density at radius 1 is 1.15 bits per heavy atom. The Morgan fingerprint density at radius 2 is 1.95 bits per heavy atom. The minimum absolute atomic E-state index is 0.233. The molecule has 5 heteroatoms. The van der Waals surface area contributed by atoms with Gasteiger partial charge in [0.15, 0.2) is 0 Å². The van der Waals surface area contributed by atoms with Crippen LogP contribution in [0.25, 0.3) is 11.0 Å². The second-order valence-corrected chi connectivity index (χ2v) is 5.69. The Kier molecular flexibility index (Phi) is 5.61. The fourth-order valence-electron chi connectivity index (χ4n) is 1.98. The van der Waals surface area contributed by atoms with E-state index in [0.29, 0.717) is 11.0 Å². The number of hydrogen-bond acceptors (Lipinski definition) is 4. The van der Waals surface area contributed by atoms with Crippen molar-refractivity contribution in [2.24, 2.45) is 0 Å². The first kappa shape index (κ1) is 15.1. The summed E-state index contributed by atoms with van der Waals surface area (Å²) >= 11 is 1.54. The monoisotopic (exact) mass is 296 g/mol. The van der Waals surface area contributed by atoms with Crippen LogP contribution in [0.1, 0.15) is 25.7 Å². The van der Waals surface area contributed by atoms with Gasteiger partial charge < -0.3 is 9.52 Å². The first-order chi connectivity index (χ1) is 9.70. The number of benzene rings is 1. The van der Waals surface area contributed by atoms with Crippen LogP contribution in [-0.2, 0) is 0 Å². The van der Waals surface area contributed by atoms with Crippen LogP contribution in [0.5, 0.6) is 0 Å². The van der Waals surface area contributed by atoms with Gasteiger partial charge in [0, 0.05) is 23.0 Å². The zero-order chi connectivity index (χ0) is 14.4. The fourth-order valence-corrected chi connectivity index (χ4v) is 3.04. The van der Waals surface area contributed by atoms with Gasteiger partial charge in [-0.3, -0.25) is 0 Å². The van der Waals surface area contributed by atoms with Crippen LogP contribution in [0.15, 0.2) is 38.4 Å². The summed E-state index contributed by atoms with van der Waals surface area (Å²) in [6.07, 6.45) is 3.88. The number of rotatable bonds is 7. The lowest BCUT2D eigenvalue weighted by Gasteiger charge is -2.05. The number of fused-ring (bicyclic) bond motifs is 1. The topological polar surface area (TPSA) is 50.4 Å². The van der Waals surface area contributed by atoms with E-state index in [1.165, 1.54) is 24.3 Å². The lowest BCUT2D eigenvalue weighted by atomic mass is 10.2. The second-order valence-electron chi connectivity index (χ2n) is 4.56. The van der Waals surface area contributed by atoms with E-state index in [1.807, 2.05) is 0 Å². The molecule has 2 rings (SSSR count). The SMILES string of the molecule is O=c1cc(SCCCCCCO)c2cc(F)ccc2o1. The molecule has 0 aliphatic heterocycles. The summed E-state index contributed by atoms with van der Waals surface area (Å²) in [6.45, 7) is 0.233. The number of aliphatic hydroxyl groups excluding tert-OH is 1. The third-order valence-corrected chi connectivity index (χ3v) is 4.12. The molecule has 1 aromatic heterocycles. The van der Waals surface area contributed by atoms with E-state index in [2.05, 4.69) is 0 Å². The van der Waals surface area contributed by atoms with E-state index in [0.717, 1.165) is 36.3 Å². The van der Waals surface area contributed by atoms with Gasteiger partial charge in [-0.1, -0.05) is 12.8 Å². The molecule has 20 heavy (non-hydrogen) atoms. The zero-order valence-electron chi connectivity index (χ0n) is 11.1. The van der Waals surface area contributed by atoms with Gasteiger partial charge in [0.1, 0.15) is 11.4 Å². The predicted octanol–water partition coefficient (Wildman–Crippen LogP) is 3.58. The molecule has 0 radical (unpaired) electrons. The smallest absolute Gasteiger partial charge is 0.337 e. The third-order valence-electron chi connectivity index (χ3n) is 2.98. The predicted molar refractivity (Wildman–Crippen MR) is 78.7 cm³/mol. The molecular weight excluding hydrogens is 279 g/mol. The van der Waals surface area contributed by atoms with E-state index in [1.54, 1.807) is 11.8 Å². The molecule has 0 amide bonds. The number of unbranched alkanes of at least 4 members (excludes halogenated alkanes) is 3. The Balaban J connectivity index is 2.05. The molecule has 0 aliphatic carbocycles. The van der Waals surface area contributed by atoms with Gasteiger partial charge in [-0.05, 0) is 36.8 Å². The lowest BCUT2D eigenvalue weighted by molar-refractivity contribution is 0.283. The standard InChI is InChI=1S/C15H17FO3S/c16-11-5-6-13-12(9-11)14(10-15(18)19-13)20-8-4-2-1-3-7-17/h5-6,9-10,17H,1-4,7-8H2. The van der Waals surface area contributed by atoms with Gasteiger partial charge in [-0.2, -0.15) is 0 Å². The number of aliphatic hydroxyl groups is 1. The minimum Gasteiger partial charge on any atom is -0.423 e. The van der Waals surface area contributed by atoms with Gasteiger partial charge in [0.2, 0.25) is 0 Å². The van der Waals surface area contributed by atoms with Crippen molar-refractivity contribution in [2.75, 3.05) is 12.4 Å². The van der Waals surface area contributed by atoms with Crippen molar-refractivity contribution in [1.29, 1.82) is 0 Å². The molecule has 0 unspecified atom stereocenters. The Bertz CT molecular complexity index is 624. The maximum absolute atomic E-state index is 13.3. The molecule has 0 fully saturated rings. The van der Waals surface area contributed by atoms with E-state index in [9.17, 15) is 9.18 Å². The quantitative estimate of drug-likeness (QED) is 0.482. The summed E-state index contributed by atoms with van der Waals surface area (Å²) in [4.78, 5) is 12.2. The van der Waals surface area contributed by atoms with E-state index < -0.39 is 5.63 Å². The van der Waals surface area contributed by atoms with Crippen molar-refractivity contribution in [3.05, 3.63) is 40.5 Å². The molecular formula is C15H17FO3S. The Labute approximate surface area is 120 Å². The zero-order valence-corrected chi connectivity index (χ0v) is 11.9. The van der Waals surface area contributed by atoms with Crippen LogP contribution in [0, 0.1) is 5.82 Å². The highest BCUT2D eigenvalue weighted by molar-refractivity contribution is 7.99. The van der Waals surface area contributed by atoms with Gasteiger partial charge in [0.25, 0.3) is 0 Å². The first-order valence-corrected chi connectivity index (χ1v) is 7.66. The van der Waals surface area contributed by atoms with Crippen molar-refractivity contribution in [3.8, 4) is 0 Å². The maximum Gasteiger partial charge on any atom is 0.337 e. The number of thioether (sulfide) groups is 1. The molecule has 1 N–H and O–H groups in total. The molecule has 0 bridgehead atoms. The van der Waals surface area contributed by atoms with Gasteiger partial charge in [-0.25, -0.2) is 9.18 Å². The van der Waals surface area contributed by atoms with E-state index in [4.69, 9.17) is 9.52 Å². The summed E-state index contributed by atoms with van der Waals surface area (Å²) in [5, 5.41) is 9.33. The molecule has 1 aromatic carbocycles. The van der Waals surface area contributed by atoms with Crippen molar-refractivity contribution in [1.82, 2.24) is 0 Å². The number of halogens is 1. The average molecular weight is 296 g/mol. The van der Waals surface area contributed by atoms with E-state index >= 15 is 0 Å². The normalized spacial score (nSPS) is 11.1. The highest BCUT2D eigenvalue weighted by atomic mass is 32.2. The molecule has 108 valence electrons. The fraction of sp³-hybridized carbons (Fsp3) is 0.400. The van der Waals surface area contributed by atoms with Gasteiger partial charge in [0.05, 0.1) is 0 Å². The van der Waals surface area contributed by atoms with Crippen molar-refractivity contribution in [3.63, 3.8) is 0 Å². The minimum atomic E-state index is -0.410. The second kappa shape index (κ2) is 7.45.